The van der Waals surface area contributed by atoms with E-state index in [9.17, 15) is 4.79 Å². The molecule has 4 aromatic rings. The number of anilines is 1. The third-order valence-corrected chi connectivity index (χ3v) is 4.38. The number of carbonyl (C=O) groups is 1. The molecule has 0 aliphatic rings. The molecular formula is C23H20N4O3. The second kappa shape index (κ2) is 8.91. The number of hydrogen-bond donors (Lipinski definition) is 1. The Morgan fingerprint density at radius 2 is 1.67 bits per heavy atom. The molecule has 1 N–H and O–H groups in total. The van der Waals surface area contributed by atoms with E-state index in [1.807, 2.05) is 53.4 Å². The van der Waals surface area contributed by atoms with E-state index in [1.54, 1.807) is 37.4 Å². The lowest BCUT2D eigenvalue weighted by Gasteiger charge is -2.09. The Bertz CT molecular complexity index is 1110. The van der Waals surface area contributed by atoms with Gasteiger partial charge in [-0.2, -0.15) is 0 Å². The normalized spacial score (nSPS) is 10.4. The number of carbonyl (C=O) groups excluding carboxylic acids is 1. The van der Waals surface area contributed by atoms with Crippen LogP contribution in [0.3, 0.4) is 0 Å². The lowest BCUT2D eigenvalue weighted by molar-refractivity contribution is -0.115. The molecule has 0 fully saturated rings. The van der Waals surface area contributed by atoms with E-state index in [4.69, 9.17) is 9.47 Å². The van der Waals surface area contributed by atoms with E-state index in [0.29, 0.717) is 23.1 Å². The summed E-state index contributed by atoms with van der Waals surface area (Å²) < 4.78 is 12.8. The third-order valence-electron chi connectivity index (χ3n) is 4.38. The average Bonchev–Trinajstić information content (AvgIpc) is 3.31. The summed E-state index contributed by atoms with van der Waals surface area (Å²) in [6.45, 7) is 0. The van der Waals surface area contributed by atoms with E-state index < -0.39 is 0 Å². The first kappa shape index (κ1) is 19.2. The molecule has 150 valence electrons. The number of hydrogen-bond acceptors (Lipinski definition) is 5. The van der Waals surface area contributed by atoms with Crippen LogP contribution in [-0.2, 0) is 11.2 Å². The summed E-state index contributed by atoms with van der Waals surface area (Å²) >= 11 is 0. The molecule has 7 nitrogen and oxygen atoms in total. The SMILES string of the molecule is COc1ccc(CC(=O)Nc2ccc(Oc3cc(-n4cccc4)ncn3)cc2)cc1. The van der Waals surface area contributed by atoms with Crippen molar-refractivity contribution in [3.8, 4) is 23.2 Å². The maximum Gasteiger partial charge on any atom is 0.228 e. The molecule has 7 heteroatoms. The Labute approximate surface area is 173 Å². The zero-order valence-corrected chi connectivity index (χ0v) is 16.4. The Kier molecular flexibility index (Phi) is 5.70. The fourth-order valence-corrected chi connectivity index (χ4v) is 2.88. The molecule has 0 aliphatic carbocycles. The van der Waals surface area contributed by atoms with Crippen LogP contribution in [-0.4, -0.2) is 27.6 Å². The highest BCUT2D eigenvalue weighted by atomic mass is 16.5. The van der Waals surface area contributed by atoms with Gasteiger partial charge in [0.2, 0.25) is 11.8 Å². The van der Waals surface area contributed by atoms with Crippen molar-refractivity contribution < 1.29 is 14.3 Å². The first-order chi connectivity index (χ1) is 14.7. The summed E-state index contributed by atoms with van der Waals surface area (Å²) in [5.74, 6) is 2.43. The average molecular weight is 400 g/mol. The van der Waals surface area contributed by atoms with Gasteiger partial charge in [-0.25, -0.2) is 9.97 Å². The van der Waals surface area contributed by atoms with Gasteiger partial charge in [0.05, 0.1) is 13.5 Å². The van der Waals surface area contributed by atoms with Crippen molar-refractivity contribution in [1.29, 1.82) is 0 Å². The number of nitrogens with zero attached hydrogens (tertiary/aromatic N) is 3. The minimum atomic E-state index is -0.0963. The lowest BCUT2D eigenvalue weighted by atomic mass is 10.1. The maximum atomic E-state index is 12.3. The molecule has 0 atom stereocenters. The van der Waals surface area contributed by atoms with Crippen molar-refractivity contribution in [3.63, 3.8) is 0 Å². The van der Waals surface area contributed by atoms with Gasteiger partial charge in [-0.15, -0.1) is 0 Å². The summed E-state index contributed by atoms with van der Waals surface area (Å²) in [5, 5.41) is 2.88. The molecule has 2 aromatic carbocycles. The number of amides is 1. The van der Waals surface area contributed by atoms with Crippen LogP contribution in [0.25, 0.3) is 5.82 Å². The highest BCUT2D eigenvalue weighted by Crippen LogP contribution is 2.22. The van der Waals surface area contributed by atoms with Crippen LogP contribution in [0, 0.1) is 0 Å². The van der Waals surface area contributed by atoms with Gasteiger partial charge in [0, 0.05) is 24.1 Å². The molecule has 0 saturated carbocycles. The minimum Gasteiger partial charge on any atom is -0.497 e. The van der Waals surface area contributed by atoms with Crippen LogP contribution in [0.2, 0.25) is 0 Å². The van der Waals surface area contributed by atoms with E-state index in [-0.39, 0.29) is 12.3 Å². The summed E-state index contributed by atoms with van der Waals surface area (Å²) in [5.41, 5.74) is 1.60. The van der Waals surface area contributed by atoms with Crippen molar-refractivity contribution >= 4 is 11.6 Å². The van der Waals surface area contributed by atoms with E-state index in [1.165, 1.54) is 6.33 Å². The smallest absolute Gasteiger partial charge is 0.228 e. The Morgan fingerprint density at radius 3 is 2.37 bits per heavy atom. The van der Waals surface area contributed by atoms with Crippen LogP contribution < -0.4 is 14.8 Å². The molecule has 4 rings (SSSR count). The van der Waals surface area contributed by atoms with Crippen molar-refractivity contribution in [2.45, 2.75) is 6.42 Å². The minimum absolute atomic E-state index is 0.0963. The largest absolute Gasteiger partial charge is 0.497 e. The molecule has 2 aromatic heterocycles. The molecule has 1 amide bonds. The number of benzene rings is 2. The van der Waals surface area contributed by atoms with Crippen LogP contribution in [0.4, 0.5) is 5.69 Å². The Morgan fingerprint density at radius 1 is 0.967 bits per heavy atom. The number of methoxy groups -OCH3 is 1. The summed E-state index contributed by atoms with van der Waals surface area (Å²) in [6.07, 6.45) is 5.54. The molecule has 0 aliphatic heterocycles. The summed E-state index contributed by atoms with van der Waals surface area (Å²) in [6, 6.07) is 20.1. The monoisotopic (exact) mass is 400 g/mol. The zero-order valence-electron chi connectivity index (χ0n) is 16.4. The molecule has 0 spiro atoms. The van der Waals surface area contributed by atoms with Gasteiger partial charge in [0.15, 0.2) is 0 Å². The quantitative estimate of drug-likeness (QED) is 0.502. The van der Waals surface area contributed by atoms with Gasteiger partial charge in [-0.1, -0.05) is 12.1 Å². The van der Waals surface area contributed by atoms with Gasteiger partial charge in [0.1, 0.15) is 23.6 Å². The van der Waals surface area contributed by atoms with Crippen LogP contribution >= 0.6 is 0 Å². The zero-order chi connectivity index (χ0) is 20.8. The topological polar surface area (TPSA) is 78.3 Å². The van der Waals surface area contributed by atoms with Crippen LogP contribution in [0.15, 0.2) is 85.5 Å². The predicted molar refractivity (Wildman–Crippen MR) is 113 cm³/mol. The molecular weight excluding hydrogens is 380 g/mol. The molecule has 0 saturated heterocycles. The maximum absolute atomic E-state index is 12.3. The highest BCUT2D eigenvalue weighted by Gasteiger charge is 2.06. The highest BCUT2D eigenvalue weighted by molar-refractivity contribution is 5.92. The van der Waals surface area contributed by atoms with Gasteiger partial charge in [-0.3, -0.25) is 4.79 Å². The van der Waals surface area contributed by atoms with E-state index in [0.717, 1.165) is 11.3 Å². The number of ether oxygens (including phenoxy) is 2. The van der Waals surface area contributed by atoms with Crippen molar-refractivity contribution in [3.05, 3.63) is 91.0 Å². The second-order valence-electron chi connectivity index (χ2n) is 6.50. The van der Waals surface area contributed by atoms with Crippen molar-refractivity contribution in [2.75, 3.05) is 12.4 Å². The third kappa shape index (κ3) is 4.82. The number of aromatic nitrogens is 3. The van der Waals surface area contributed by atoms with Gasteiger partial charge in [0.25, 0.3) is 0 Å². The summed E-state index contributed by atoms with van der Waals surface area (Å²) in [7, 11) is 1.61. The van der Waals surface area contributed by atoms with Gasteiger partial charge in [-0.05, 0) is 54.1 Å². The molecule has 0 bridgehead atoms. The first-order valence-corrected chi connectivity index (χ1v) is 9.36. The van der Waals surface area contributed by atoms with Crippen molar-refractivity contribution in [2.24, 2.45) is 0 Å². The Hall–Kier alpha value is -4.13. The molecule has 0 unspecified atom stereocenters. The number of nitrogens with one attached hydrogen (secondary N) is 1. The fourth-order valence-electron chi connectivity index (χ4n) is 2.88. The first-order valence-electron chi connectivity index (χ1n) is 9.36. The van der Waals surface area contributed by atoms with Gasteiger partial charge >= 0.3 is 0 Å². The van der Waals surface area contributed by atoms with E-state index >= 15 is 0 Å². The van der Waals surface area contributed by atoms with Gasteiger partial charge < -0.3 is 19.4 Å². The fraction of sp³-hybridized carbons (Fsp3) is 0.0870. The molecule has 2 heterocycles. The standard InChI is InChI=1S/C23H20N4O3/c1-29-19-8-4-17(5-9-19)14-22(28)26-18-6-10-20(11-7-18)30-23-15-21(24-16-25-23)27-12-2-3-13-27/h2-13,15-16H,14H2,1H3,(H,26,28). The number of rotatable bonds is 7. The van der Waals surface area contributed by atoms with Crippen LogP contribution in [0.5, 0.6) is 17.4 Å². The summed E-state index contributed by atoms with van der Waals surface area (Å²) in [4.78, 5) is 20.7. The van der Waals surface area contributed by atoms with Crippen molar-refractivity contribution in [1.82, 2.24) is 14.5 Å². The van der Waals surface area contributed by atoms with E-state index in [2.05, 4.69) is 15.3 Å². The Balaban J connectivity index is 1.36. The molecule has 0 radical (unpaired) electrons. The predicted octanol–water partition coefficient (Wildman–Crippen LogP) is 4.25. The second-order valence-corrected chi connectivity index (χ2v) is 6.50. The molecule has 30 heavy (non-hydrogen) atoms. The lowest BCUT2D eigenvalue weighted by Crippen LogP contribution is -2.14. The van der Waals surface area contributed by atoms with Crippen LogP contribution in [0.1, 0.15) is 5.56 Å².